The van der Waals surface area contributed by atoms with Gasteiger partial charge in [-0.1, -0.05) is 20.3 Å². The van der Waals surface area contributed by atoms with Crippen molar-refractivity contribution in [3.05, 3.63) is 59.9 Å². The van der Waals surface area contributed by atoms with Crippen LogP contribution in [0.2, 0.25) is 0 Å². The van der Waals surface area contributed by atoms with Gasteiger partial charge in [-0.2, -0.15) is 0 Å². The number of fused-ring (bicyclic) bond motifs is 2. The van der Waals surface area contributed by atoms with E-state index in [9.17, 15) is 0 Å². The van der Waals surface area contributed by atoms with Crippen molar-refractivity contribution >= 4 is 21.8 Å². The predicted molar refractivity (Wildman–Crippen MR) is 125 cm³/mol. The lowest BCUT2D eigenvalue weighted by Crippen LogP contribution is -1.96. The van der Waals surface area contributed by atoms with Gasteiger partial charge >= 0.3 is 0 Å². The molecular formula is C25H32N2O4. The zero-order valence-electron chi connectivity index (χ0n) is 18.3. The highest BCUT2D eigenvalue weighted by Gasteiger charge is 2.05. The Morgan fingerprint density at radius 3 is 1.68 bits per heavy atom. The third-order valence-corrected chi connectivity index (χ3v) is 5.06. The van der Waals surface area contributed by atoms with Crippen molar-refractivity contribution in [2.45, 2.75) is 46.3 Å². The minimum absolute atomic E-state index is 0.0528. The number of benzene rings is 2. The van der Waals surface area contributed by atoms with E-state index in [-0.39, 0.29) is 13.2 Å². The van der Waals surface area contributed by atoms with E-state index in [1.165, 1.54) is 0 Å². The number of aromatic nitrogens is 2. The van der Waals surface area contributed by atoms with E-state index in [1.807, 2.05) is 48.8 Å². The Morgan fingerprint density at radius 2 is 1.23 bits per heavy atom. The molecule has 0 saturated carbocycles. The Balaban J connectivity index is 0.000000176. The number of rotatable bonds is 9. The van der Waals surface area contributed by atoms with Crippen molar-refractivity contribution in [3.63, 3.8) is 0 Å². The summed E-state index contributed by atoms with van der Waals surface area (Å²) in [4.78, 5) is 6.22. The molecule has 0 aliphatic rings. The summed E-state index contributed by atoms with van der Waals surface area (Å²) in [6.45, 7) is 5.80. The maximum atomic E-state index is 9.17. The third-order valence-electron chi connectivity index (χ3n) is 5.06. The molecule has 6 heteroatoms. The largest absolute Gasteiger partial charge is 0.494 e. The Labute approximate surface area is 182 Å². The fourth-order valence-electron chi connectivity index (χ4n) is 3.31. The van der Waals surface area contributed by atoms with Gasteiger partial charge in [-0.05, 0) is 49.2 Å². The molecule has 2 heterocycles. The Kier molecular flexibility index (Phi) is 8.38. The van der Waals surface area contributed by atoms with Gasteiger partial charge < -0.3 is 29.7 Å². The third kappa shape index (κ3) is 5.81. The second-order valence-corrected chi connectivity index (χ2v) is 7.41. The second-order valence-electron chi connectivity index (χ2n) is 7.41. The number of aliphatic hydroxyl groups excluding tert-OH is 2. The monoisotopic (exact) mass is 424 g/mol. The summed E-state index contributed by atoms with van der Waals surface area (Å²) in [5.74, 6) is 1.73. The zero-order chi connectivity index (χ0) is 22.1. The van der Waals surface area contributed by atoms with Crippen LogP contribution in [-0.4, -0.2) is 33.4 Å². The molecular weight excluding hydrogens is 392 g/mol. The van der Waals surface area contributed by atoms with Gasteiger partial charge in [0.2, 0.25) is 0 Å². The number of aliphatic hydroxyl groups is 2. The van der Waals surface area contributed by atoms with E-state index < -0.39 is 0 Å². The molecule has 2 aromatic carbocycles. The molecule has 0 radical (unpaired) electrons. The van der Waals surface area contributed by atoms with Crippen LogP contribution in [0.25, 0.3) is 21.8 Å². The number of ether oxygens (including phenoxy) is 2. The Bertz CT molecular complexity index is 1080. The summed E-state index contributed by atoms with van der Waals surface area (Å²) >= 11 is 0. The number of hydrogen-bond acceptors (Lipinski definition) is 4. The fraction of sp³-hybridized carbons (Fsp3) is 0.360. The fourth-order valence-corrected chi connectivity index (χ4v) is 3.31. The standard InChI is InChI=1S/C13H17NO2.C12H15NO2/c1-2-3-6-16-11-4-5-13-12(7-11)10(9-15)8-14-13;1-2-5-15-10-3-4-12-11(6-10)9(8-14)7-13-12/h4-5,7-8,14-15H,2-3,6,9H2,1H3;3-4,6-7,13-14H,2,5,8H2,1H3. The smallest absolute Gasteiger partial charge is 0.120 e. The SMILES string of the molecule is CCCCOc1ccc2[nH]cc(CO)c2c1.CCCOc1ccc2[nH]cc(CO)c2c1. The van der Waals surface area contributed by atoms with Crippen LogP contribution in [-0.2, 0) is 13.2 Å². The van der Waals surface area contributed by atoms with Crippen LogP contribution in [0.1, 0.15) is 44.2 Å². The summed E-state index contributed by atoms with van der Waals surface area (Å²) in [6, 6.07) is 11.8. The summed E-state index contributed by atoms with van der Waals surface area (Å²) in [7, 11) is 0. The highest BCUT2D eigenvalue weighted by atomic mass is 16.5. The lowest BCUT2D eigenvalue weighted by molar-refractivity contribution is 0.283. The first kappa shape index (κ1) is 22.7. The van der Waals surface area contributed by atoms with E-state index in [0.717, 1.165) is 76.9 Å². The average Bonchev–Trinajstić information content (AvgIpc) is 3.41. The molecule has 0 bridgehead atoms. The topological polar surface area (TPSA) is 90.5 Å². The Hall–Kier alpha value is -2.96. The maximum absolute atomic E-state index is 9.17. The van der Waals surface area contributed by atoms with E-state index in [4.69, 9.17) is 19.7 Å². The first-order valence-corrected chi connectivity index (χ1v) is 10.9. The van der Waals surface area contributed by atoms with Crippen LogP contribution in [0, 0.1) is 0 Å². The Morgan fingerprint density at radius 1 is 0.710 bits per heavy atom. The van der Waals surface area contributed by atoms with Crippen molar-refractivity contribution < 1.29 is 19.7 Å². The molecule has 4 aromatic rings. The van der Waals surface area contributed by atoms with E-state index >= 15 is 0 Å². The molecule has 0 unspecified atom stereocenters. The molecule has 0 fully saturated rings. The lowest BCUT2D eigenvalue weighted by Gasteiger charge is -2.05. The van der Waals surface area contributed by atoms with Gasteiger partial charge in [0.25, 0.3) is 0 Å². The molecule has 4 N–H and O–H groups in total. The van der Waals surface area contributed by atoms with Crippen molar-refractivity contribution in [2.24, 2.45) is 0 Å². The first-order chi connectivity index (χ1) is 15.2. The summed E-state index contributed by atoms with van der Waals surface area (Å²) in [5.41, 5.74) is 3.89. The van der Waals surface area contributed by atoms with Crippen LogP contribution in [0.4, 0.5) is 0 Å². The lowest BCUT2D eigenvalue weighted by atomic mass is 10.2. The van der Waals surface area contributed by atoms with Crippen LogP contribution in [0.15, 0.2) is 48.8 Å². The highest BCUT2D eigenvalue weighted by molar-refractivity contribution is 5.85. The van der Waals surface area contributed by atoms with Crippen LogP contribution < -0.4 is 9.47 Å². The van der Waals surface area contributed by atoms with Crippen LogP contribution >= 0.6 is 0 Å². The number of nitrogens with one attached hydrogen (secondary N) is 2. The second kappa shape index (κ2) is 11.4. The minimum atomic E-state index is 0.0528. The summed E-state index contributed by atoms with van der Waals surface area (Å²) in [6.07, 6.45) is 6.86. The normalized spacial score (nSPS) is 10.8. The van der Waals surface area contributed by atoms with Crippen molar-refractivity contribution in [1.82, 2.24) is 9.97 Å². The molecule has 4 rings (SSSR count). The molecule has 31 heavy (non-hydrogen) atoms. The predicted octanol–water partition coefficient (Wildman–Crippen LogP) is 5.29. The molecule has 0 spiro atoms. The highest BCUT2D eigenvalue weighted by Crippen LogP contribution is 2.24. The van der Waals surface area contributed by atoms with Crippen molar-refractivity contribution in [1.29, 1.82) is 0 Å². The molecule has 0 atom stereocenters. The van der Waals surface area contributed by atoms with Crippen molar-refractivity contribution in [3.8, 4) is 11.5 Å². The molecule has 6 nitrogen and oxygen atoms in total. The van der Waals surface area contributed by atoms with Crippen molar-refractivity contribution in [2.75, 3.05) is 13.2 Å². The van der Waals surface area contributed by atoms with Gasteiger partial charge in [0.05, 0.1) is 26.4 Å². The van der Waals surface area contributed by atoms with Gasteiger partial charge in [0, 0.05) is 45.3 Å². The molecule has 0 aliphatic heterocycles. The molecule has 2 aromatic heterocycles. The van der Waals surface area contributed by atoms with Gasteiger partial charge in [-0.15, -0.1) is 0 Å². The zero-order valence-corrected chi connectivity index (χ0v) is 18.3. The number of H-pyrrole nitrogens is 2. The maximum Gasteiger partial charge on any atom is 0.120 e. The number of unbranched alkanes of at least 4 members (excludes halogenated alkanes) is 1. The first-order valence-electron chi connectivity index (χ1n) is 10.9. The van der Waals surface area contributed by atoms with Crippen LogP contribution in [0.5, 0.6) is 11.5 Å². The van der Waals surface area contributed by atoms with E-state index in [2.05, 4.69) is 23.8 Å². The number of aromatic amines is 2. The quantitative estimate of drug-likeness (QED) is 0.275. The number of hydrogen-bond donors (Lipinski definition) is 4. The van der Waals surface area contributed by atoms with Crippen LogP contribution in [0.3, 0.4) is 0 Å². The van der Waals surface area contributed by atoms with Gasteiger partial charge in [0.1, 0.15) is 11.5 Å². The van der Waals surface area contributed by atoms with Gasteiger partial charge in [-0.3, -0.25) is 0 Å². The van der Waals surface area contributed by atoms with Gasteiger partial charge in [0.15, 0.2) is 0 Å². The molecule has 0 saturated heterocycles. The minimum Gasteiger partial charge on any atom is -0.494 e. The average molecular weight is 425 g/mol. The molecule has 0 amide bonds. The summed E-state index contributed by atoms with van der Waals surface area (Å²) < 4.78 is 11.2. The summed E-state index contributed by atoms with van der Waals surface area (Å²) in [5, 5.41) is 20.4. The van der Waals surface area contributed by atoms with E-state index in [0.29, 0.717) is 0 Å². The molecule has 0 aliphatic carbocycles. The van der Waals surface area contributed by atoms with Gasteiger partial charge in [-0.25, -0.2) is 0 Å². The van der Waals surface area contributed by atoms with E-state index in [1.54, 1.807) is 0 Å². The molecule has 166 valence electrons.